The summed E-state index contributed by atoms with van der Waals surface area (Å²) in [5, 5.41) is 9.92. The van der Waals surface area contributed by atoms with Gasteiger partial charge in [0.05, 0.1) is 5.69 Å². The molecule has 0 bridgehead atoms. The molecule has 0 saturated heterocycles. The van der Waals surface area contributed by atoms with E-state index in [0.29, 0.717) is 17.2 Å². The monoisotopic (exact) mass is 257 g/mol. The third kappa shape index (κ3) is 3.26. The van der Waals surface area contributed by atoms with Crippen LogP contribution in [0.1, 0.15) is 66.5 Å². The molecule has 96 valence electrons. The number of aromatic carboxylic acids is 1. The van der Waals surface area contributed by atoms with Gasteiger partial charge >= 0.3 is 5.97 Å². The molecule has 1 aromatic rings. The van der Waals surface area contributed by atoms with Crippen molar-refractivity contribution < 1.29 is 14.6 Å². The molecule has 1 aromatic heterocycles. The maximum Gasteiger partial charge on any atom is 0.347 e. The second-order valence-corrected chi connectivity index (χ2v) is 5.11. The lowest BCUT2D eigenvalue weighted by Crippen LogP contribution is -2.03. The number of hydrogen-bond acceptors (Lipinski definition) is 4. The fourth-order valence-electron chi connectivity index (χ4n) is 1.60. The number of ether oxygens (including phenoxy) is 1. The molecule has 0 aromatic carbocycles. The van der Waals surface area contributed by atoms with Crippen molar-refractivity contribution in [2.24, 2.45) is 0 Å². The molecule has 0 spiro atoms. The summed E-state index contributed by atoms with van der Waals surface area (Å²) in [5.74, 6) is -0.783. The van der Waals surface area contributed by atoms with Crippen molar-refractivity contribution in [3.05, 3.63) is 15.6 Å². The number of nitrogens with zero attached hydrogens (tertiary/aromatic N) is 1. The molecule has 1 heterocycles. The van der Waals surface area contributed by atoms with Crippen LogP contribution in [-0.4, -0.2) is 22.7 Å². The van der Waals surface area contributed by atoms with Crippen LogP contribution in [0, 0.1) is 0 Å². The molecule has 0 aliphatic heterocycles. The van der Waals surface area contributed by atoms with Gasteiger partial charge in [-0.2, -0.15) is 0 Å². The van der Waals surface area contributed by atoms with E-state index < -0.39 is 5.97 Å². The zero-order valence-electron chi connectivity index (χ0n) is 10.7. The summed E-state index contributed by atoms with van der Waals surface area (Å²) in [5.41, 5.74) is 0.663. The van der Waals surface area contributed by atoms with Crippen LogP contribution in [0.25, 0.3) is 0 Å². The van der Waals surface area contributed by atoms with Gasteiger partial charge in [0, 0.05) is 6.61 Å². The summed E-state index contributed by atoms with van der Waals surface area (Å²) in [6, 6.07) is 0. The van der Waals surface area contributed by atoms with Gasteiger partial charge in [0.15, 0.2) is 0 Å². The van der Waals surface area contributed by atoms with Crippen LogP contribution < -0.4 is 0 Å². The molecule has 0 aliphatic carbocycles. The van der Waals surface area contributed by atoms with E-state index in [2.05, 4.69) is 4.98 Å². The predicted octanol–water partition coefficient (Wildman–Crippen LogP) is 3.45. The van der Waals surface area contributed by atoms with Crippen molar-refractivity contribution in [2.75, 3.05) is 6.61 Å². The lowest BCUT2D eigenvalue weighted by atomic mass is 10.1. The smallest absolute Gasteiger partial charge is 0.347 e. The van der Waals surface area contributed by atoms with Gasteiger partial charge in [-0.1, -0.05) is 20.8 Å². The number of thiazole rings is 1. The average molecular weight is 257 g/mol. The summed E-state index contributed by atoms with van der Waals surface area (Å²) < 4.78 is 5.56. The van der Waals surface area contributed by atoms with E-state index in [-0.39, 0.29) is 12.0 Å². The highest BCUT2D eigenvalue weighted by Crippen LogP contribution is 2.31. The summed E-state index contributed by atoms with van der Waals surface area (Å²) in [6.45, 7) is 8.45. The van der Waals surface area contributed by atoms with Crippen LogP contribution in [0.3, 0.4) is 0 Å². The zero-order valence-corrected chi connectivity index (χ0v) is 11.5. The number of aromatic nitrogens is 1. The van der Waals surface area contributed by atoms with Gasteiger partial charge in [0.25, 0.3) is 0 Å². The molecule has 17 heavy (non-hydrogen) atoms. The highest BCUT2D eigenvalue weighted by Gasteiger charge is 2.23. The minimum atomic E-state index is -0.899. The number of carboxylic acid groups (broad SMARTS) is 1. The normalized spacial score (nSPS) is 13.0. The van der Waals surface area contributed by atoms with Crippen molar-refractivity contribution >= 4 is 17.3 Å². The van der Waals surface area contributed by atoms with Crippen LogP contribution in [-0.2, 0) is 4.74 Å². The van der Waals surface area contributed by atoms with Gasteiger partial charge in [-0.25, -0.2) is 9.78 Å². The Kier molecular flexibility index (Phi) is 5.08. The van der Waals surface area contributed by atoms with E-state index in [1.807, 2.05) is 27.7 Å². The first-order valence-corrected chi connectivity index (χ1v) is 6.68. The van der Waals surface area contributed by atoms with Gasteiger partial charge < -0.3 is 9.84 Å². The molecule has 0 fully saturated rings. The molecule has 1 atom stereocenters. The van der Waals surface area contributed by atoms with E-state index in [0.717, 1.165) is 11.4 Å². The van der Waals surface area contributed by atoms with E-state index >= 15 is 0 Å². The van der Waals surface area contributed by atoms with E-state index in [1.54, 1.807) is 0 Å². The van der Waals surface area contributed by atoms with Crippen molar-refractivity contribution in [1.29, 1.82) is 0 Å². The number of hydrogen-bond donors (Lipinski definition) is 1. The van der Waals surface area contributed by atoms with E-state index in [1.165, 1.54) is 11.3 Å². The number of rotatable bonds is 6. The first-order chi connectivity index (χ1) is 8.01. The SMILES string of the molecule is CCOC(CC)c1nc(C(C)C)c(C(=O)O)s1. The van der Waals surface area contributed by atoms with Crippen molar-refractivity contribution in [3.63, 3.8) is 0 Å². The van der Waals surface area contributed by atoms with Gasteiger partial charge in [0.2, 0.25) is 0 Å². The fourth-order valence-corrected chi connectivity index (χ4v) is 2.79. The van der Waals surface area contributed by atoms with Crippen LogP contribution in [0.2, 0.25) is 0 Å². The van der Waals surface area contributed by atoms with Gasteiger partial charge in [-0.15, -0.1) is 11.3 Å². The Labute approximate surface area is 106 Å². The second-order valence-electron chi connectivity index (χ2n) is 4.08. The minimum absolute atomic E-state index is 0.0874. The average Bonchev–Trinajstić information content (AvgIpc) is 2.70. The fraction of sp³-hybridized carbons (Fsp3) is 0.667. The predicted molar refractivity (Wildman–Crippen MR) is 67.8 cm³/mol. The molecule has 1 rings (SSSR count). The molecule has 0 aliphatic rings. The Hall–Kier alpha value is -0.940. The molecule has 5 heteroatoms. The summed E-state index contributed by atoms with van der Waals surface area (Å²) in [4.78, 5) is 15.9. The highest BCUT2D eigenvalue weighted by molar-refractivity contribution is 7.13. The lowest BCUT2D eigenvalue weighted by molar-refractivity contribution is 0.0595. The molecule has 0 radical (unpaired) electrons. The van der Waals surface area contributed by atoms with Crippen LogP contribution in [0.15, 0.2) is 0 Å². The molecular formula is C12H19NO3S. The maximum absolute atomic E-state index is 11.1. The van der Waals surface area contributed by atoms with Crippen molar-refractivity contribution in [1.82, 2.24) is 4.98 Å². The first kappa shape index (κ1) is 14.1. The molecule has 1 unspecified atom stereocenters. The van der Waals surface area contributed by atoms with Crippen molar-refractivity contribution in [2.45, 2.75) is 46.1 Å². The van der Waals surface area contributed by atoms with Crippen LogP contribution in [0.5, 0.6) is 0 Å². The molecule has 0 saturated carbocycles. The van der Waals surface area contributed by atoms with Crippen molar-refractivity contribution in [3.8, 4) is 0 Å². The van der Waals surface area contributed by atoms with E-state index in [9.17, 15) is 4.79 Å². The van der Waals surface area contributed by atoms with Gasteiger partial charge in [-0.3, -0.25) is 0 Å². The first-order valence-electron chi connectivity index (χ1n) is 5.86. The molecule has 0 amide bonds. The minimum Gasteiger partial charge on any atom is -0.477 e. The molecule has 4 nitrogen and oxygen atoms in total. The Morgan fingerprint density at radius 3 is 2.47 bits per heavy atom. The van der Waals surface area contributed by atoms with Gasteiger partial charge in [-0.05, 0) is 19.3 Å². The number of carbonyl (C=O) groups is 1. The second kappa shape index (κ2) is 6.12. The van der Waals surface area contributed by atoms with E-state index in [4.69, 9.17) is 9.84 Å². The standard InChI is InChI=1S/C12H19NO3S/c1-5-8(16-6-2)11-13-9(7(3)4)10(17-11)12(14)15/h7-8H,5-6H2,1-4H3,(H,14,15). The third-order valence-electron chi connectivity index (χ3n) is 2.43. The third-order valence-corrected chi connectivity index (χ3v) is 3.58. The highest BCUT2D eigenvalue weighted by atomic mass is 32.1. The summed E-state index contributed by atoms with van der Waals surface area (Å²) in [6.07, 6.45) is 0.716. The quantitative estimate of drug-likeness (QED) is 0.848. The summed E-state index contributed by atoms with van der Waals surface area (Å²) >= 11 is 1.23. The lowest BCUT2D eigenvalue weighted by Gasteiger charge is -2.11. The Morgan fingerprint density at radius 1 is 1.47 bits per heavy atom. The molecular weight excluding hydrogens is 238 g/mol. The van der Waals surface area contributed by atoms with Crippen LogP contribution >= 0.6 is 11.3 Å². The zero-order chi connectivity index (χ0) is 13.0. The van der Waals surface area contributed by atoms with Crippen LogP contribution in [0.4, 0.5) is 0 Å². The summed E-state index contributed by atoms with van der Waals surface area (Å²) in [7, 11) is 0. The Bertz CT molecular complexity index is 387. The maximum atomic E-state index is 11.1. The van der Waals surface area contributed by atoms with Gasteiger partial charge in [0.1, 0.15) is 16.0 Å². The largest absolute Gasteiger partial charge is 0.477 e. The Morgan fingerprint density at radius 2 is 2.12 bits per heavy atom. The Balaban J connectivity index is 3.10. The molecule has 1 N–H and O–H groups in total. The topological polar surface area (TPSA) is 59.4 Å². The number of carboxylic acids is 1.